The summed E-state index contributed by atoms with van der Waals surface area (Å²) in [7, 11) is 0. The van der Waals surface area contributed by atoms with Crippen molar-refractivity contribution in [3.63, 3.8) is 0 Å². The molecule has 1 saturated heterocycles. The molecular weight excluding hydrogens is 214 g/mol. The summed E-state index contributed by atoms with van der Waals surface area (Å²) < 4.78 is 0. The minimum atomic E-state index is 0.507. The Morgan fingerprint density at radius 1 is 1.41 bits per heavy atom. The van der Waals surface area contributed by atoms with E-state index >= 15 is 0 Å². The molecule has 1 aliphatic carbocycles. The molecule has 1 aliphatic heterocycles. The Morgan fingerprint density at radius 2 is 2.24 bits per heavy atom. The Labute approximate surface area is 104 Å². The highest BCUT2D eigenvalue weighted by molar-refractivity contribution is 5.79. The van der Waals surface area contributed by atoms with E-state index < -0.39 is 0 Å². The fourth-order valence-electron chi connectivity index (χ4n) is 2.35. The van der Waals surface area contributed by atoms with Crippen LogP contribution in [0.3, 0.4) is 0 Å². The highest BCUT2D eigenvalue weighted by Crippen LogP contribution is 2.29. The van der Waals surface area contributed by atoms with E-state index in [1.165, 1.54) is 32.2 Å². The number of unbranched alkanes of at least 4 members (excludes halogenated alkanes) is 1. The van der Waals surface area contributed by atoms with Crippen LogP contribution in [-0.2, 0) is 0 Å². The average Bonchev–Trinajstić information content (AvgIpc) is 3.09. The molecule has 1 unspecified atom stereocenters. The minimum Gasteiger partial charge on any atom is -0.351 e. The molecule has 1 saturated carbocycles. The van der Waals surface area contributed by atoms with Crippen LogP contribution >= 0.6 is 0 Å². The molecular formula is C12H25N5. The van der Waals surface area contributed by atoms with Gasteiger partial charge in [-0.3, -0.25) is 15.3 Å². The molecule has 17 heavy (non-hydrogen) atoms. The third-order valence-electron chi connectivity index (χ3n) is 3.54. The maximum Gasteiger partial charge on any atom is 0.205 e. The Balaban J connectivity index is 1.72. The van der Waals surface area contributed by atoms with Crippen LogP contribution in [0.2, 0.25) is 0 Å². The molecule has 5 nitrogen and oxygen atoms in total. The van der Waals surface area contributed by atoms with Gasteiger partial charge < -0.3 is 5.32 Å². The highest BCUT2D eigenvalue weighted by atomic mass is 15.4. The molecule has 0 radical (unpaired) electrons. The van der Waals surface area contributed by atoms with E-state index in [2.05, 4.69) is 27.6 Å². The van der Waals surface area contributed by atoms with E-state index in [4.69, 9.17) is 5.84 Å². The van der Waals surface area contributed by atoms with Gasteiger partial charge in [0.1, 0.15) is 0 Å². The fraction of sp³-hybridized carbons (Fsp3) is 0.917. The van der Waals surface area contributed by atoms with Crippen molar-refractivity contribution in [3.05, 3.63) is 0 Å². The number of nitrogens with zero attached hydrogens (tertiary/aromatic N) is 2. The van der Waals surface area contributed by atoms with Crippen LogP contribution in [0.5, 0.6) is 0 Å². The second kappa shape index (κ2) is 6.21. The lowest BCUT2D eigenvalue weighted by molar-refractivity contribution is 0.321. The molecule has 0 aromatic heterocycles. The van der Waals surface area contributed by atoms with E-state index in [0.29, 0.717) is 6.04 Å². The Bertz CT molecular complexity index is 262. The Hall–Kier alpha value is -0.810. The summed E-state index contributed by atoms with van der Waals surface area (Å²) in [5.74, 6) is 6.23. The molecule has 2 aliphatic rings. The lowest BCUT2D eigenvalue weighted by Gasteiger charge is -2.17. The normalized spacial score (nSPS) is 26.2. The minimum absolute atomic E-state index is 0.507. The van der Waals surface area contributed by atoms with Crippen LogP contribution in [0.4, 0.5) is 0 Å². The number of hydrogen-bond acceptors (Lipinski definition) is 3. The standard InChI is InChI=1S/C12H25N5/c1-2-3-7-14-12(16-13)15-10-6-8-17(9-10)11-4-5-11/h10-11H,2-9,13H2,1H3,(H2,14,15,16). The van der Waals surface area contributed by atoms with Crippen LogP contribution in [0.15, 0.2) is 4.99 Å². The third-order valence-corrected chi connectivity index (χ3v) is 3.54. The van der Waals surface area contributed by atoms with Crippen molar-refractivity contribution in [2.24, 2.45) is 10.8 Å². The number of nitrogens with two attached hydrogens (primary N) is 1. The van der Waals surface area contributed by atoms with Crippen LogP contribution in [0.1, 0.15) is 39.0 Å². The number of hydrazine groups is 1. The summed E-state index contributed by atoms with van der Waals surface area (Å²) in [4.78, 5) is 7.01. The number of likely N-dealkylation sites (tertiary alicyclic amines) is 1. The fourth-order valence-corrected chi connectivity index (χ4v) is 2.35. The third kappa shape index (κ3) is 3.85. The van der Waals surface area contributed by atoms with Crippen molar-refractivity contribution in [1.29, 1.82) is 0 Å². The predicted octanol–water partition coefficient (Wildman–Crippen LogP) is 0.432. The first-order valence-corrected chi connectivity index (χ1v) is 6.85. The largest absolute Gasteiger partial charge is 0.351 e. The average molecular weight is 239 g/mol. The smallest absolute Gasteiger partial charge is 0.205 e. The van der Waals surface area contributed by atoms with Crippen molar-refractivity contribution in [2.75, 3.05) is 19.6 Å². The predicted molar refractivity (Wildman–Crippen MR) is 70.7 cm³/mol. The lowest BCUT2D eigenvalue weighted by atomic mass is 10.3. The zero-order valence-corrected chi connectivity index (χ0v) is 10.8. The highest BCUT2D eigenvalue weighted by Gasteiger charge is 2.34. The maximum atomic E-state index is 5.48. The van der Waals surface area contributed by atoms with Crippen molar-refractivity contribution in [1.82, 2.24) is 15.6 Å². The van der Waals surface area contributed by atoms with Gasteiger partial charge in [-0.05, 0) is 25.7 Å². The maximum absolute atomic E-state index is 5.48. The summed E-state index contributed by atoms with van der Waals surface area (Å²) in [6.07, 6.45) is 6.26. The van der Waals surface area contributed by atoms with Gasteiger partial charge in [-0.2, -0.15) is 0 Å². The van der Waals surface area contributed by atoms with Gasteiger partial charge in [0.15, 0.2) is 0 Å². The molecule has 0 aromatic carbocycles. The molecule has 0 spiro atoms. The monoisotopic (exact) mass is 239 g/mol. The summed E-state index contributed by atoms with van der Waals surface area (Å²) in [6, 6.07) is 1.38. The van der Waals surface area contributed by atoms with E-state index in [1.54, 1.807) is 0 Å². The van der Waals surface area contributed by atoms with Crippen LogP contribution < -0.4 is 16.6 Å². The topological polar surface area (TPSA) is 65.7 Å². The van der Waals surface area contributed by atoms with Crippen molar-refractivity contribution >= 4 is 5.96 Å². The number of rotatable bonds is 5. The van der Waals surface area contributed by atoms with Gasteiger partial charge in [-0.25, -0.2) is 5.84 Å². The van der Waals surface area contributed by atoms with Gasteiger partial charge in [0, 0.05) is 31.7 Å². The molecule has 98 valence electrons. The van der Waals surface area contributed by atoms with E-state index in [0.717, 1.165) is 31.5 Å². The molecule has 2 fully saturated rings. The quantitative estimate of drug-likeness (QED) is 0.214. The number of guanidine groups is 1. The van der Waals surface area contributed by atoms with E-state index in [9.17, 15) is 0 Å². The Morgan fingerprint density at radius 3 is 2.88 bits per heavy atom. The van der Waals surface area contributed by atoms with E-state index in [-0.39, 0.29) is 0 Å². The summed E-state index contributed by atoms with van der Waals surface area (Å²) in [5, 5.41) is 3.41. The zero-order chi connectivity index (χ0) is 12.1. The molecule has 0 amide bonds. The Kier molecular flexibility index (Phi) is 4.62. The second-order valence-corrected chi connectivity index (χ2v) is 5.08. The zero-order valence-electron chi connectivity index (χ0n) is 10.8. The summed E-state index contributed by atoms with van der Waals surface area (Å²) >= 11 is 0. The summed E-state index contributed by atoms with van der Waals surface area (Å²) in [5.41, 5.74) is 2.67. The van der Waals surface area contributed by atoms with Gasteiger partial charge in [-0.15, -0.1) is 0 Å². The van der Waals surface area contributed by atoms with Gasteiger partial charge in [0.2, 0.25) is 5.96 Å². The lowest BCUT2D eigenvalue weighted by Crippen LogP contribution is -2.47. The first-order chi connectivity index (χ1) is 8.33. The molecule has 0 aromatic rings. The first kappa shape index (κ1) is 12.6. The molecule has 0 bridgehead atoms. The van der Waals surface area contributed by atoms with Gasteiger partial charge >= 0.3 is 0 Å². The van der Waals surface area contributed by atoms with Crippen molar-refractivity contribution in [2.45, 2.75) is 51.1 Å². The second-order valence-electron chi connectivity index (χ2n) is 5.08. The number of aliphatic imine (C=N–C) groups is 1. The van der Waals surface area contributed by atoms with Crippen molar-refractivity contribution in [3.8, 4) is 0 Å². The van der Waals surface area contributed by atoms with Gasteiger partial charge in [0.25, 0.3) is 0 Å². The van der Waals surface area contributed by atoms with Crippen LogP contribution in [0, 0.1) is 0 Å². The molecule has 4 N–H and O–H groups in total. The van der Waals surface area contributed by atoms with E-state index in [1.807, 2.05) is 0 Å². The number of hydrogen-bond donors (Lipinski definition) is 3. The van der Waals surface area contributed by atoms with Crippen LogP contribution in [-0.4, -0.2) is 42.6 Å². The number of nitrogens with one attached hydrogen (secondary N) is 2. The SMILES string of the molecule is CCCCN=C(NN)NC1CCN(C2CC2)C1. The summed E-state index contributed by atoms with van der Waals surface area (Å²) in [6.45, 7) is 5.37. The molecule has 1 atom stereocenters. The molecule has 5 heteroatoms. The molecule has 2 rings (SSSR count). The first-order valence-electron chi connectivity index (χ1n) is 6.85. The van der Waals surface area contributed by atoms with Gasteiger partial charge in [0.05, 0.1) is 0 Å². The van der Waals surface area contributed by atoms with Crippen LogP contribution in [0.25, 0.3) is 0 Å². The molecule has 1 heterocycles. The van der Waals surface area contributed by atoms with Crippen molar-refractivity contribution < 1.29 is 0 Å². The van der Waals surface area contributed by atoms with Gasteiger partial charge in [-0.1, -0.05) is 13.3 Å².